The van der Waals surface area contributed by atoms with Crippen LogP contribution in [0, 0.1) is 0 Å². The van der Waals surface area contributed by atoms with Crippen molar-refractivity contribution < 1.29 is 14.3 Å². The van der Waals surface area contributed by atoms with Crippen LogP contribution in [0.3, 0.4) is 0 Å². The third-order valence-corrected chi connectivity index (χ3v) is 4.43. The van der Waals surface area contributed by atoms with Crippen molar-refractivity contribution in [1.82, 2.24) is 25.1 Å². The number of aromatic nitrogens is 5. The summed E-state index contributed by atoms with van der Waals surface area (Å²) in [6.45, 7) is 0. The molecule has 0 bridgehead atoms. The molecule has 10 nitrogen and oxygen atoms in total. The topological polar surface area (TPSA) is 138 Å². The summed E-state index contributed by atoms with van der Waals surface area (Å²) >= 11 is 5.86. The van der Waals surface area contributed by atoms with Crippen molar-refractivity contribution in [3.8, 4) is 23.0 Å². The fraction of sp³-hybridized carbons (Fsp3) is 0.111. The van der Waals surface area contributed by atoms with E-state index in [9.17, 15) is 9.59 Å². The molecule has 0 spiro atoms. The average Bonchev–Trinajstić information content (AvgIpc) is 3.34. The Hall–Kier alpha value is -3.79. The molecular formula is C18H15ClN6O4. The van der Waals surface area contributed by atoms with Gasteiger partial charge in [0.25, 0.3) is 11.5 Å². The second kappa shape index (κ2) is 7.32. The van der Waals surface area contributed by atoms with Gasteiger partial charge >= 0.3 is 0 Å². The molecule has 29 heavy (non-hydrogen) atoms. The van der Waals surface area contributed by atoms with E-state index in [0.29, 0.717) is 39.7 Å². The largest absolute Gasteiger partial charge is 0.493 e. The Morgan fingerprint density at radius 1 is 1.14 bits per heavy atom. The number of ether oxygens (including phenoxy) is 2. The van der Waals surface area contributed by atoms with Gasteiger partial charge in [0.15, 0.2) is 23.0 Å². The smallest absolute Gasteiger partial charge is 0.261 e. The van der Waals surface area contributed by atoms with Gasteiger partial charge in [0, 0.05) is 24.5 Å². The van der Waals surface area contributed by atoms with E-state index in [1.807, 2.05) is 0 Å². The van der Waals surface area contributed by atoms with Gasteiger partial charge in [-0.1, -0.05) is 11.6 Å². The summed E-state index contributed by atoms with van der Waals surface area (Å²) in [4.78, 5) is 34.4. The third kappa shape index (κ3) is 3.41. The first-order chi connectivity index (χ1) is 14.0. The number of aromatic amines is 3. The van der Waals surface area contributed by atoms with Gasteiger partial charge in [-0.3, -0.25) is 14.7 Å². The van der Waals surface area contributed by atoms with Gasteiger partial charge in [-0.15, -0.1) is 0 Å². The minimum absolute atomic E-state index is 0.122. The number of anilines is 1. The molecule has 1 aromatic carbocycles. The fourth-order valence-electron chi connectivity index (χ4n) is 2.83. The van der Waals surface area contributed by atoms with E-state index in [0.717, 1.165) is 0 Å². The number of halogens is 1. The van der Waals surface area contributed by atoms with Gasteiger partial charge < -0.3 is 24.8 Å². The number of hydrogen-bond donors (Lipinski definition) is 4. The molecule has 148 valence electrons. The molecule has 0 saturated heterocycles. The molecule has 3 heterocycles. The summed E-state index contributed by atoms with van der Waals surface area (Å²) in [5, 5.41) is 9.71. The number of imidazole rings is 1. The van der Waals surface area contributed by atoms with Crippen molar-refractivity contribution in [2.75, 3.05) is 19.5 Å². The Labute approximate surface area is 168 Å². The molecule has 0 saturated carbocycles. The number of hydrogen-bond acceptors (Lipinski definition) is 6. The molecule has 4 N–H and O–H groups in total. The highest BCUT2D eigenvalue weighted by Gasteiger charge is 2.19. The summed E-state index contributed by atoms with van der Waals surface area (Å²) in [6.07, 6.45) is 2.79. The van der Waals surface area contributed by atoms with Gasteiger partial charge in [0.05, 0.1) is 36.0 Å². The molecule has 0 fully saturated rings. The molecule has 0 aliphatic heterocycles. The van der Waals surface area contributed by atoms with E-state index in [1.54, 1.807) is 19.2 Å². The monoisotopic (exact) mass is 414 g/mol. The highest BCUT2D eigenvalue weighted by molar-refractivity contribution is 6.30. The first-order valence-electron chi connectivity index (χ1n) is 8.35. The Bertz CT molecular complexity index is 1230. The Balaban J connectivity index is 1.70. The van der Waals surface area contributed by atoms with E-state index >= 15 is 0 Å². The number of nitrogens with one attached hydrogen (secondary N) is 4. The molecule has 0 unspecified atom stereocenters. The molecule has 3 aromatic heterocycles. The predicted molar refractivity (Wildman–Crippen MR) is 107 cm³/mol. The highest BCUT2D eigenvalue weighted by atomic mass is 35.5. The number of nitrogens with zero attached hydrogens (tertiary/aromatic N) is 2. The fourth-order valence-corrected chi connectivity index (χ4v) is 2.99. The lowest BCUT2D eigenvalue weighted by atomic mass is 10.2. The van der Waals surface area contributed by atoms with E-state index in [2.05, 4.69) is 30.5 Å². The number of carbonyl (C=O) groups is 1. The number of methoxy groups -OCH3 is 2. The van der Waals surface area contributed by atoms with E-state index in [-0.39, 0.29) is 10.6 Å². The van der Waals surface area contributed by atoms with Gasteiger partial charge in [-0.05, 0) is 6.07 Å². The summed E-state index contributed by atoms with van der Waals surface area (Å²) in [7, 11) is 3.08. The molecule has 4 rings (SSSR count). The van der Waals surface area contributed by atoms with Crippen molar-refractivity contribution in [3.05, 3.63) is 51.5 Å². The summed E-state index contributed by atoms with van der Waals surface area (Å²) in [6, 6.07) is 4.76. The summed E-state index contributed by atoms with van der Waals surface area (Å²) in [5.74, 6) is 0.863. The number of fused-ring (bicyclic) bond motifs is 1. The number of amides is 1. The highest BCUT2D eigenvalue weighted by Crippen LogP contribution is 2.33. The number of pyridine rings is 1. The molecule has 0 aliphatic rings. The van der Waals surface area contributed by atoms with Gasteiger partial charge in [-0.25, -0.2) is 4.98 Å². The van der Waals surface area contributed by atoms with E-state index in [1.165, 1.54) is 25.6 Å². The van der Waals surface area contributed by atoms with Gasteiger partial charge in [0.2, 0.25) is 0 Å². The van der Waals surface area contributed by atoms with Crippen LogP contribution in [-0.2, 0) is 0 Å². The molecule has 4 aromatic rings. The summed E-state index contributed by atoms with van der Waals surface area (Å²) < 4.78 is 10.6. The van der Waals surface area contributed by atoms with Crippen LogP contribution in [0.15, 0.2) is 35.4 Å². The van der Waals surface area contributed by atoms with Crippen LogP contribution >= 0.6 is 11.6 Å². The minimum atomic E-state index is -0.629. The van der Waals surface area contributed by atoms with Crippen LogP contribution in [0.25, 0.3) is 22.6 Å². The second-order valence-electron chi connectivity index (χ2n) is 5.97. The normalized spacial score (nSPS) is 10.9. The predicted octanol–water partition coefficient (Wildman–Crippen LogP) is 2.56. The number of carbonyl (C=O) groups excluding carboxylic acids is 1. The maximum atomic E-state index is 12.5. The zero-order valence-corrected chi connectivity index (χ0v) is 16.0. The maximum Gasteiger partial charge on any atom is 0.261 e. The zero-order chi connectivity index (χ0) is 20.5. The quantitative estimate of drug-likeness (QED) is 0.396. The Morgan fingerprint density at radius 2 is 1.90 bits per heavy atom. The van der Waals surface area contributed by atoms with Crippen LogP contribution in [0.1, 0.15) is 10.4 Å². The molecule has 11 heteroatoms. The molecular weight excluding hydrogens is 400 g/mol. The first-order valence-corrected chi connectivity index (χ1v) is 8.73. The number of H-pyrrole nitrogens is 3. The number of rotatable bonds is 5. The lowest BCUT2D eigenvalue weighted by Gasteiger charge is -2.06. The standard InChI is InChI=1S/C18H15ClN6O4/c1-28-13-4-10-11(5-14(13)29-2)23-16(22-10)15-12(7-21-25-15)24-18(27)9-3-8(19)6-20-17(9)26/h3-7H,1-2H3,(H,20,26)(H,21,25)(H,22,23)(H,24,27). The first kappa shape index (κ1) is 18.6. The molecule has 0 aliphatic carbocycles. The van der Waals surface area contributed by atoms with Crippen molar-refractivity contribution in [3.63, 3.8) is 0 Å². The van der Waals surface area contributed by atoms with Crippen molar-refractivity contribution in [2.24, 2.45) is 0 Å². The van der Waals surface area contributed by atoms with Crippen LogP contribution in [0.4, 0.5) is 5.69 Å². The Kier molecular flexibility index (Phi) is 4.69. The molecule has 0 radical (unpaired) electrons. The van der Waals surface area contributed by atoms with Crippen molar-refractivity contribution in [1.29, 1.82) is 0 Å². The van der Waals surface area contributed by atoms with Crippen molar-refractivity contribution in [2.45, 2.75) is 0 Å². The third-order valence-electron chi connectivity index (χ3n) is 4.21. The van der Waals surface area contributed by atoms with Gasteiger partial charge in [0.1, 0.15) is 5.56 Å². The van der Waals surface area contributed by atoms with Crippen LogP contribution in [0.2, 0.25) is 5.02 Å². The molecule has 1 amide bonds. The SMILES string of the molecule is COc1cc2nc(-c3n[nH]cc3NC(=O)c3cc(Cl)c[nH]c3=O)[nH]c2cc1OC. The van der Waals surface area contributed by atoms with E-state index < -0.39 is 11.5 Å². The van der Waals surface area contributed by atoms with Crippen molar-refractivity contribution >= 4 is 34.2 Å². The van der Waals surface area contributed by atoms with Gasteiger partial charge in [-0.2, -0.15) is 5.10 Å². The maximum absolute atomic E-state index is 12.5. The van der Waals surface area contributed by atoms with E-state index in [4.69, 9.17) is 21.1 Å². The van der Waals surface area contributed by atoms with Crippen LogP contribution in [0.5, 0.6) is 11.5 Å². The Morgan fingerprint density at radius 3 is 2.66 bits per heavy atom. The van der Waals surface area contributed by atoms with Crippen LogP contribution < -0.4 is 20.3 Å². The number of benzene rings is 1. The lowest BCUT2D eigenvalue weighted by Crippen LogP contribution is -2.22. The molecule has 0 atom stereocenters. The van der Waals surface area contributed by atoms with Crippen LogP contribution in [-0.4, -0.2) is 45.3 Å². The second-order valence-corrected chi connectivity index (χ2v) is 6.41. The summed E-state index contributed by atoms with van der Waals surface area (Å²) in [5.41, 5.74) is 1.36. The lowest BCUT2D eigenvalue weighted by molar-refractivity contribution is 0.102. The zero-order valence-electron chi connectivity index (χ0n) is 15.3. The minimum Gasteiger partial charge on any atom is -0.493 e. The average molecular weight is 415 g/mol.